The number of benzene rings is 1. The number of thiophene rings is 1. The predicted octanol–water partition coefficient (Wildman–Crippen LogP) is 5.51. The number of piperidine rings is 1. The lowest BCUT2D eigenvalue weighted by molar-refractivity contribution is -0.133. The number of rotatable bonds is 6. The summed E-state index contributed by atoms with van der Waals surface area (Å²) in [5.74, 6) is -0.0113. The van der Waals surface area contributed by atoms with Gasteiger partial charge in [-0.3, -0.25) is 9.59 Å². The van der Waals surface area contributed by atoms with Crippen molar-refractivity contribution >= 4 is 39.9 Å². The molecule has 4 aromatic rings. The number of carbonyl (C=O) groups excluding carboxylic acids is 2. The zero-order valence-electron chi connectivity index (χ0n) is 19.3. The highest BCUT2D eigenvalue weighted by Crippen LogP contribution is 2.29. The molecular weight excluding hydrogens is 446 g/mol. The van der Waals surface area contributed by atoms with Gasteiger partial charge in [-0.05, 0) is 61.9 Å². The Morgan fingerprint density at radius 1 is 1.18 bits per heavy atom. The highest BCUT2D eigenvalue weighted by molar-refractivity contribution is 7.13. The fourth-order valence-corrected chi connectivity index (χ4v) is 5.02. The molecule has 0 saturated carbocycles. The summed E-state index contributed by atoms with van der Waals surface area (Å²) in [4.78, 5) is 33.4. The van der Waals surface area contributed by atoms with E-state index in [4.69, 9.17) is 4.98 Å². The molecule has 34 heavy (non-hydrogen) atoms. The molecule has 0 bridgehead atoms. The van der Waals surface area contributed by atoms with Crippen molar-refractivity contribution in [1.29, 1.82) is 0 Å². The van der Waals surface area contributed by atoms with E-state index < -0.39 is 0 Å². The van der Waals surface area contributed by atoms with E-state index >= 15 is 0 Å². The third kappa shape index (κ3) is 4.46. The number of fused-ring (bicyclic) bond motifs is 1. The smallest absolute Gasteiger partial charge is 0.256 e. The molecule has 1 N–H and O–H groups in total. The van der Waals surface area contributed by atoms with Gasteiger partial charge in [-0.25, -0.2) is 9.67 Å². The molecule has 4 heterocycles. The topological polar surface area (TPSA) is 80.1 Å². The van der Waals surface area contributed by atoms with Crippen LogP contribution < -0.4 is 5.32 Å². The van der Waals surface area contributed by atoms with Gasteiger partial charge in [0.1, 0.15) is 0 Å². The molecule has 0 spiro atoms. The molecule has 7 nitrogen and oxygen atoms in total. The van der Waals surface area contributed by atoms with Crippen LogP contribution in [0.4, 0.5) is 5.69 Å². The van der Waals surface area contributed by atoms with E-state index in [1.807, 2.05) is 71.3 Å². The Morgan fingerprint density at radius 2 is 2.06 bits per heavy atom. The zero-order chi connectivity index (χ0) is 23.7. The fourth-order valence-electron chi connectivity index (χ4n) is 4.33. The van der Waals surface area contributed by atoms with Gasteiger partial charge < -0.3 is 10.2 Å². The Labute approximate surface area is 202 Å². The Bertz CT molecular complexity index is 1340. The van der Waals surface area contributed by atoms with Crippen LogP contribution in [0.15, 0.2) is 54.0 Å². The maximum Gasteiger partial charge on any atom is 0.256 e. The van der Waals surface area contributed by atoms with Crippen LogP contribution in [-0.2, 0) is 11.3 Å². The molecule has 1 aliphatic heterocycles. The summed E-state index contributed by atoms with van der Waals surface area (Å²) in [6.45, 7) is 5.44. The molecule has 3 aromatic heterocycles. The molecule has 2 amide bonds. The van der Waals surface area contributed by atoms with Gasteiger partial charge in [0.15, 0.2) is 5.65 Å². The van der Waals surface area contributed by atoms with Crippen LogP contribution in [0, 0.1) is 0 Å². The van der Waals surface area contributed by atoms with Crippen LogP contribution in [0.25, 0.3) is 21.6 Å². The number of nitrogens with zero attached hydrogens (tertiary/aromatic N) is 4. The second-order valence-electron chi connectivity index (χ2n) is 8.88. The molecular formula is C26H27N5O2S. The van der Waals surface area contributed by atoms with Gasteiger partial charge in [-0.1, -0.05) is 18.2 Å². The third-order valence-electron chi connectivity index (χ3n) is 6.05. The number of amides is 2. The quantitative estimate of drug-likeness (QED) is 0.401. The number of hydrogen-bond donors (Lipinski definition) is 1. The standard InChI is InChI=1S/C26H27N5O2S/c1-17(2)31-25-21(15-27-31)20(14-22(29-25)23-9-6-12-34-23)26(33)28-19-8-5-7-18(13-19)16-30-11-4-3-10-24(30)32/h5-9,12-15,17H,3-4,10-11,16H2,1-2H3,(H,28,33). The lowest BCUT2D eigenvalue weighted by Gasteiger charge is -2.26. The van der Waals surface area contributed by atoms with E-state index in [0.717, 1.165) is 40.9 Å². The minimum Gasteiger partial charge on any atom is -0.338 e. The van der Waals surface area contributed by atoms with Crippen LogP contribution in [0.2, 0.25) is 0 Å². The van der Waals surface area contributed by atoms with Crippen molar-refractivity contribution in [3.05, 3.63) is 65.2 Å². The normalized spacial score (nSPS) is 14.2. The van der Waals surface area contributed by atoms with Crippen molar-refractivity contribution in [2.75, 3.05) is 11.9 Å². The summed E-state index contributed by atoms with van der Waals surface area (Å²) in [5.41, 5.74) is 3.69. The fraction of sp³-hybridized carbons (Fsp3) is 0.308. The van der Waals surface area contributed by atoms with Crippen molar-refractivity contribution in [3.63, 3.8) is 0 Å². The van der Waals surface area contributed by atoms with Gasteiger partial charge in [0.05, 0.1) is 27.7 Å². The predicted molar refractivity (Wildman–Crippen MR) is 135 cm³/mol. The average Bonchev–Trinajstić information content (AvgIpc) is 3.50. The van der Waals surface area contributed by atoms with Crippen LogP contribution in [0.5, 0.6) is 0 Å². The average molecular weight is 474 g/mol. The van der Waals surface area contributed by atoms with Gasteiger partial charge >= 0.3 is 0 Å². The van der Waals surface area contributed by atoms with Crippen LogP contribution in [-0.4, -0.2) is 38.0 Å². The van der Waals surface area contributed by atoms with Gasteiger partial charge in [0.25, 0.3) is 5.91 Å². The summed E-state index contributed by atoms with van der Waals surface area (Å²) in [6, 6.07) is 13.6. The third-order valence-corrected chi connectivity index (χ3v) is 6.95. The summed E-state index contributed by atoms with van der Waals surface area (Å²) in [7, 11) is 0. The molecule has 1 fully saturated rings. The molecule has 0 atom stereocenters. The number of carbonyl (C=O) groups is 2. The summed E-state index contributed by atoms with van der Waals surface area (Å²) >= 11 is 1.59. The van der Waals surface area contributed by atoms with Crippen molar-refractivity contribution in [1.82, 2.24) is 19.7 Å². The monoisotopic (exact) mass is 473 g/mol. The number of likely N-dealkylation sites (tertiary alicyclic amines) is 1. The molecule has 0 aliphatic carbocycles. The molecule has 5 rings (SSSR count). The second kappa shape index (κ2) is 9.38. The SMILES string of the molecule is CC(C)n1ncc2c(C(=O)Nc3cccc(CN4CCCCC4=O)c3)cc(-c3cccs3)nc21. The first kappa shape index (κ1) is 22.3. The number of aromatic nitrogens is 3. The Balaban J connectivity index is 1.45. The summed E-state index contributed by atoms with van der Waals surface area (Å²) < 4.78 is 1.85. The highest BCUT2D eigenvalue weighted by atomic mass is 32.1. The molecule has 174 valence electrons. The maximum absolute atomic E-state index is 13.4. The molecule has 8 heteroatoms. The summed E-state index contributed by atoms with van der Waals surface area (Å²) in [6.07, 6.45) is 4.34. The largest absolute Gasteiger partial charge is 0.338 e. The Hall–Kier alpha value is -3.52. The first-order valence-corrected chi connectivity index (χ1v) is 12.5. The molecule has 1 saturated heterocycles. The van der Waals surface area contributed by atoms with E-state index in [2.05, 4.69) is 10.4 Å². The van der Waals surface area contributed by atoms with E-state index in [9.17, 15) is 9.59 Å². The molecule has 1 aliphatic rings. The Morgan fingerprint density at radius 3 is 2.82 bits per heavy atom. The van der Waals surface area contributed by atoms with Gasteiger partial charge in [-0.2, -0.15) is 5.10 Å². The minimum atomic E-state index is -0.209. The lowest BCUT2D eigenvalue weighted by atomic mass is 10.1. The molecule has 0 unspecified atom stereocenters. The molecule has 0 radical (unpaired) electrons. The van der Waals surface area contributed by atoms with Crippen molar-refractivity contribution in [3.8, 4) is 10.6 Å². The van der Waals surface area contributed by atoms with Crippen LogP contribution in [0.3, 0.4) is 0 Å². The van der Waals surface area contributed by atoms with Gasteiger partial charge in [0.2, 0.25) is 5.91 Å². The number of anilines is 1. The van der Waals surface area contributed by atoms with E-state index in [1.54, 1.807) is 17.5 Å². The second-order valence-corrected chi connectivity index (χ2v) is 9.83. The molecule has 1 aromatic carbocycles. The number of hydrogen-bond acceptors (Lipinski definition) is 5. The van der Waals surface area contributed by atoms with Crippen molar-refractivity contribution in [2.45, 2.75) is 45.7 Å². The highest BCUT2D eigenvalue weighted by Gasteiger charge is 2.20. The summed E-state index contributed by atoms with van der Waals surface area (Å²) in [5, 5.41) is 10.3. The van der Waals surface area contributed by atoms with Gasteiger partial charge in [0, 0.05) is 31.2 Å². The number of nitrogens with one attached hydrogen (secondary N) is 1. The van der Waals surface area contributed by atoms with Crippen molar-refractivity contribution < 1.29 is 9.59 Å². The van der Waals surface area contributed by atoms with Crippen LogP contribution in [0.1, 0.15) is 55.1 Å². The van der Waals surface area contributed by atoms with E-state index in [1.165, 1.54) is 0 Å². The minimum absolute atomic E-state index is 0.119. The van der Waals surface area contributed by atoms with E-state index in [-0.39, 0.29) is 17.9 Å². The van der Waals surface area contributed by atoms with Gasteiger partial charge in [-0.15, -0.1) is 11.3 Å². The van der Waals surface area contributed by atoms with E-state index in [0.29, 0.717) is 29.9 Å². The first-order chi connectivity index (χ1) is 16.5. The van der Waals surface area contributed by atoms with Crippen molar-refractivity contribution in [2.24, 2.45) is 0 Å². The van der Waals surface area contributed by atoms with Crippen LogP contribution >= 0.6 is 11.3 Å². The first-order valence-electron chi connectivity index (χ1n) is 11.6. The zero-order valence-corrected chi connectivity index (χ0v) is 20.1. The Kier molecular flexibility index (Phi) is 6.15. The number of pyridine rings is 1. The lowest BCUT2D eigenvalue weighted by Crippen LogP contribution is -2.34. The maximum atomic E-state index is 13.4.